The van der Waals surface area contributed by atoms with Gasteiger partial charge in [-0.15, -0.1) is 0 Å². The van der Waals surface area contributed by atoms with Crippen molar-refractivity contribution in [2.24, 2.45) is 5.92 Å². The highest BCUT2D eigenvalue weighted by molar-refractivity contribution is 6.33. The molecular weight excluding hydrogens is 430 g/mol. The normalized spacial score (nSPS) is 17.9. The molecule has 0 aliphatic carbocycles. The standard InChI is InChI=1S/C22H23ClF2N2O4/c1-11(12-3-2-4-18(24)20(12)25)27-21-14-7-8-26-10-16(13(14)5-6-17(21)23)15(22(30)31)9-19(28)29/h2-6,11,15-16,26-27H,7-10H2,1H3,(H,28,29)(H,30,31). The van der Waals surface area contributed by atoms with Gasteiger partial charge >= 0.3 is 11.9 Å². The number of carboxylic acid groups (broad SMARTS) is 2. The van der Waals surface area contributed by atoms with Crippen molar-refractivity contribution < 1.29 is 28.6 Å². The fourth-order valence-corrected chi connectivity index (χ4v) is 4.32. The highest BCUT2D eigenvalue weighted by Crippen LogP contribution is 2.39. The summed E-state index contributed by atoms with van der Waals surface area (Å²) in [7, 11) is 0. The van der Waals surface area contributed by atoms with E-state index in [2.05, 4.69) is 10.6 Å². The number of nitrogens with one attached hydrogen (secondary N) is 2. The Kier molecular flexibility index (Phi) is 7.12. The van der Waals surface area contributed by atoms with Gasteiger partial charge in [-0.3, -0.25) is 9.59 Å². The highest BCUT2D eigenvalue weighted by atomic mass is 35.5. The maximum Gasteiger partial charge on any atom is 0.307 e. The van der Waals surface area contributed by atoms with E-state index in [1.165, 1.54) is 12.1 Å². The zero-order valence-corrected chi connectivity index (χ0v) is 17.5. The van der Waals surface area contributed by atoms with E-state index in [1.54, 1.807) is 19.1 Å². The Morgan fingerprint density at radius 1 is 1.26 bits per heavy atom. The molecule has 3 atom stereocenters. The lowest BCUT2D eigenvalue weighted by Crippen LogP contribution is -2.31. The predicted molar refractivity (Wildman–Crippen MR) is 113 cm³/mol. The molecule has 1 aliphatic heterocycles. The van der Waals surface area contributed by atoms with E-state index in [0.717, 1.165) is 11.6 Å². The number of carbonyl (C=O) groups is 2. The molecule has 0 saturated heterocycles. The second kappa shape index (κ2) is 9.62. The van der Waals surface area contributed by atoms with Crippen LogP contribution in [-0.2, 0) is 16.0 Å². The summed E-state index contributed by atoms with van der Waals surface area (Å²) in [5.74, 6) is -6.01. The minimum absolute atomic E-state index is 0.131. The first-order valence-corrected chi connectivity index (χ1v) is 10.3. The molecule has 3 rings (SSSR count). The van der Waals surface area contributed by atoms with Crippen LogP contribution in [0.1, 0.15) is 42.0 Å². The molecule has 0 fully saturated rings. The molecule has 1 heterocycles. The number of halogens is 3. The number of rotatable bonds is 7. The molecule has 6 nitrogen and oxygen atoms in total. The molecule has 0 aromatic heterocycles. The van der Waals surface area contributed by atoms with Gasteiger partial charge in [0.15, 0.2) is 11.6 Å². The first-order valence-electron chi connectivity index (χ1n) is 9.87. The second-order valence-corrected chi connectivity index (χ2v) is 8.01. The Hall–Kier alpha value is -2.71. The van der Waals surface area contributed by atoms with E-state index in [-0.39, 0.29) is 5.56 Å². The van der Waals surface area contributed by atoms with Gasteiger partial charge in [0.2, 0.25) is 0 Å². The molecule has 166 valence electrons. The topological polar surface area (TPSA) is 98.7 Å². The summed E-state index contributed by atoms with van der Waals surface area (Å²) >= 11 is 6.43. The minimum Gasteiger partial charge on any atom is -0.481 e. The van der Waals surface area contributed by atoms with E-state index < -0.39 is 47.9 Å². The van der Waals surface area contributed by atoms with Crippen LogP contribution in [0.2, 0.25) is 5.02 Å². The van der Waals surface area contributed by atoms with Gasteiger partial charge in [-0.05, 0) is 43.1 Å². The molecule has 0 radical (unpaired) electrons. The molecule has 0 saturated carbocycles. The van der Waals surface area contributed by atoms with Crippen molar-refractivity contribution in [2.75, 3.05) is 18.4 Å². The van der Waals surface area contributed by atoms with Gasteiger partial charge in [-0.25, -0.2) is 8.78 Å². The lowest BCUT2D eigenvalue weighted by molar-refractivity contribution is -0.149. The summed E-state index contributed by atoms with van der Waals surface area (Å²) in [5, 5.41) is 25.5. The summed E-state index contributed by atoms with van der Waals surface area (Å²) in [4.78, 5) is 23.1. The third kappa shape index (κ3) is 4.97. The average molecular weight is 453 g/mol. The molecule has 31 heavy (non-hydrogen) atoms. The van der Waals surface area contributed by atoms with Gasteiger partial charge in [0, 0.05) is 18.0 Å². The zero-order valence-electron chi connectivity index (χ0n) is 16.8. The highest BCUT2D eigenvalue weighted by Gasteiger charge is 2.35. The van der Waals surface area contributed by atoms with Crippen molar-refractivity contribution in [1.82, 2.24) is 5.32 Å². The Bertz CT molecular complexity index is 1000. The minimum atomic E-state index is -1.19. The van der Waals surface area contributed by atoms with Crippen LogP contribution in [0.25, 0.3) is 0 Å². The molecule has 1 aliphatic rings. The van der Waals surface area contributed by atoms with Gasteiger partial charge < -0.3 is 20.8 Å². The number of benzene rings is 2. The number of hydrogen-bond acceptors (Lipinski definition) is 4. The number of anilines is 1. The van der Waals surface area contributed by atoms with Gasteiger partial charge in [0.1, 0.15) is 0 Å². The van der Waals surface area contributed by atoms with Gasteiger partial charge in [-0.1, -0.05) is 29.8 Å². The Morgan fingerprint density at radius 2 is 2.00 bits per heavy atom. The fourth-order valence-electron chi connectivity index (χ4n) is 4.09. The number of aliphatic carboxylic acids is 2. The van der Waals surface area contributed by atoms with Crippen molar-refractivity contribution in [3.63, 3.8) is 0 Å². The first kappa shape index (κ1) is 23.0. The van der Waals surface area contributed by atoms with E-state index >= 15 is 0 Å². The first-order chi connectivity index (χ1) is 14.7. The third-order valence-corrected chi connectivity index (χ3v) is 5.94. The lowest BCUT2D eigenvalue weighted by Gasteiger charge is -2.26. The molecule has 4 N–H and O–H groups in total. The van der Waals surface area contributed by atoms with Crippen molar-refractivity contribution in [3.05, 3.63) is 63.7 Å². The molecule has 2 aromatic rings. The Labute approximate surface area is 183 Å². The van der Waals surface area contributed by atoms with Crippen LogP contribution in [0.15, 0.2) is 30.3 Å². The largest absolute Gasteiger partial charge is 0.481 e. The quantitative estimate of drug-likeness (QED) is 0.502. The van der Waals surface area contributed by atoms with E-state index in [0.29, 0.717) is 35.8 Å². The van der Waals surface area contributed by atoms with Crippen LogP contribution < -0.4 is 10.6 Å². The molecule has 0 spiro atoms. The summed E-state index contributed by atoms with van der Waals surface area (Å²) in [6, 6.07) is 6.63. The number of fused-ring (bicyclic) bond motifs is 1. The smallest absolute Gasteiger partial charge is 0.307 e. The average Bonchev–Trinajstić information content (AvgIpc) is 2.92. The maximum absolute atomic E-state index is 14.3. The van der Waals surface area contributed by atoms with Crippen molar-refractivity contribution in [2.45, 2.75) is 31.7 Å². The molecule has 0 amide bonds. The van der Waals surface area contributed by atoms with Crippen molar-refractivity contribution >= 4 is 29.2 Å². The summed E-state index contributed by atoms with van der Waals surface area (Å²) in [6.07, 6.45) is -0.0100. The number of carboxylic acids is 2. The number of hydrogen-bond donors (Lipinski definition) is 4. The van der Waals surface area contributed by atoms with Gasteiger partial charge in [0.05, 0.1) is 29.1 Å². The van der Waals surface area contributed by atoms with Crippen LogP contribution in [0, 0.1) is 17.6 Å². The van der Waals surface area contributed by atoms with E-state index in [4.69, 9.17) is 11.6 Å². The summed E-state index contributed by atoms with van der Waals surface area (Å²) in [5.41, 5.74) is 2.05. The summed E-state index contributed by atoms with van der Waals surface area (Å²) < 4.78 is 27.9. The van der Waals surface area contributed by atoms with Crippen LogP contribution in [0.3, 0.4) is 0 Å². The Morgan fingerprint density at radius 3 is 2.68 bits per heavy atom. The molecular formula is C22H23ClF2N2O4. The van der Waals surface area contributed by atoms with Crippen molar-refractivity contribution in [1.29, 1.82) is 0 Å². The maximum atomic E-state index is 14.3. The predicted octanol–water partition coefficient (Wildman–Crippen LogP) is 4.20. The van der Waals surface area contributed by atoms with Crippen LogP contribution in [0.4, 0.5) is 14.5 Å². The van der Waals surface area contributed by atoms with Crippen molar-refractivity contribution in [3.8, 4) is 0 Å². The van der Waals surface area contributed by atoms with Crippen LogP contribution in [-0.4, -0.2) is 35.2 Å². The Balaban J connectivity index is 2.03. The van der Waals surface area contributed by atoms with E-state index in [9.17, 15) is 28.6 Å². The third-order valence-electron chi connectivity index (χ3n) is 5.62. The van der Waals surface area contributed by atoms with Gasteiger partial charge in [-0.2, -0.15) is 0 Å². The zero-order chi connectivity index (χ0) is 22.7. The molecule has 2 aromatic carbocycles. The van der Waals surface area contributed by atoms with Crippen LogP contribution in [0.5, 0.6) is 0 Å². The molecule has 3 unspecified atom stereocenters. The second-order valence-electron chi connectivity index (χ2n) is 7.60. The monoisotopic (exact) mass is 452 g/mol. The van der Waals surface area contributed by atoms with Crippen LogP contribution >= 0.6 is 11.6 Å². The lowest BCUT2D eigenvalue weighted by atomic mass is 9.81. The molecule has 9 heteroatoms. The van der Waals surface area contributed by atoms with Gasteiger partial charge in [0.25, 0.3) is 0 Å². The van der Waals surface area contributed by atoms with E-state index in [1.807, 2.05) is 0 Å². The SMILES string of the molecule is CC(Nc1c(Cl)ccc2c1CCNCC2C(CC(=O)O)C(=O)O)c1cccc(F)c1F. The fraction of sp³-hybridized carbons (Fsp3) is 0.364. The molecule has 0 bridgehead atoms. The summed E-state index contributed by atoms with van der Waals surface area (Å²) in [6.45, 7) is 2.50.